The van der Waals surface area contributed by atoms with Crippen molar-refractivity contribution in [3.63, 3.8) is 0 Å². The molecule has 1 aromatic heterocycles. The maximum absolute atomic E-state index is 12.1. The van der Waals surface area contributed by atoms with Gasteiger partial charge >= 0.3 is 0 Å². The second-order valence-corrected chi connectivity index (χ2v) is 7.60. The zero-order valence-corrected chi connectivity index (χ0v) is 15.2. The van der Waals surface area contributed by atoms with E-state index in [1.165, 1.54) is 17.3 Å². The molecule has 1 amide bonds. The highest BCUT2D eigenvalue weighted by atomic mass is 32.2. The average molecular weight is 355 g/mol. The molecule has 0 aliphatic heterocycles. The second-order valence-electron chi connectivity index (χ2n) is 5.52. The molecule has 5 heteroatoms. The minimum Gasteiger partial charge on any atom is -0.325 e. The molecule has 24 heavy (non-hydrogen) atoms. The first kappa shape index (κ1) is 16.7. The van der Waals surface area contributed by atoms with E-state index in [0.717, 1.165) is 26.8 Å². The number of amides is 1. The van der Waals surface area contributed by atoms with Gasteiger partial charge in [-0.05, 0) is 25.5 Å². The molecule has 0 atom stereocenters. The molecule has 2 aromatic carbocycles. The first-order chi connectivity index (χ1) is 11.6. The largest absolute Gasteiger partial charge is 0.325 e. The molecule has 0 spiro atoms. The molecule has 0 aliphatic carbocycles. The summed E-state index contributed by atoms with van der Waals surface area (Å²) in [7, 11) is 0. The number of carbonyl (C=O) groups is 1. The number of hydrogen-bond donors (Lipinski definition) is 1. The molecule has 0 saturated carbocycles. The summed E-state index contributed by atoms with van der Waals surface area (Å²) >= 11 is 3.04. The van der Waals surface area contributed by atoms with Crippen LogP contribution in [-0.2, 0) is 4.79 Å². The fourth-order valence-electron chi connectivity index (χ4n) is 2.21. The molecule has 1 heterocycles. The summed E-state index contributed by atoms with van der Waals surface area (Å²) in [6, 6.07) is 16.1. The molecule has 1 N–H and O–H groups in total. The topological polar surface area (TPSA) is 42.0 Å². The van der Waals surface area contributed by atoms with Gasteiger partial charge in [0.2, 0.25) is 5.91 Å². The van der Waals surface area contributed by atoms with Crippen LogP contribution in [0.3, 0.4) is 0 Å². The molecule has 3 nitrogen and oxygen atoms in total. The Morgan fingerprint density at radius 2 is 1.88 bits per heavy atom. The highest BCUT2D eigenvalue weighted by Gasteiger charge is 2.09. The van der Waals surface area contributed by atoms with E-state index in [1.807, 2.05) is 36.6 Å². The first-order valence-electron chi connectivity index (χ1n) is 7.62. The van der Waals surface area contributed by atoms with Crippen molar-refractivity contribution in [3.8, 4) is 11.3 Å². The molecular formula is C19H18N2OS2. The molecule has 3 rings (SSSR count). The standard InChI is InChI=1S/C19H18N2OS2/c1-13-7-9-15(10-8-13)17-11-23-19(21-17)24-12-18(22)20-16-6-4-3-5-14(16)2/h3-11H,12H2,1-2H3,(H,20,22). The number of benzene rings is 2. The van der Waals surface area contributed by atoms with Crippen LogP contribution in [0.5, 0.6) is 0 Å². The third-order valence-corrected chi connectivity index (χ3v) is 5.60. The number of rotatable bonds is 5. The van der Waals surface area contributed by atoms with Crippen LogP contribution in [-0.4, -0.2) is 16.6 Å². The number of nitrogens with one attached hydrogen (secondary N) is 1. The van der Waals surface area contributed by atoms with E-state index in [-0.39, 0.29) is 5.91 Å². The smallest absolute Gasteiger partial charge is 0.234 e. The van der Waals surface area contributed by atoms with Crippen molar-refractivity contribution in [1.82, 2.24) is 4.98 Å². The van der Waals surface area contributed by atoms with Crippen LogP contribution in [0.2, 0.25) is 0 Å². The van der Waals surface area contributed by atoms with Crippen LogP contribution in [0, 0.1) is 13.8 Å². The van der Waals surface area contributed by atoms with Gasteiger partial charge in [-0.25, -0.2) is 4.98 Å². The van der Waals surface area contributed by atoms with E-state index in [1.54, 1.807) is 11.3 Å². The highest BCUT2D eigenvalue weighted by molar-refractivity contribution is 8.01. The van der Waals surface area contributed by atoms with Crippen LogP contribution < -0.4 is 5.32 Å². The number of thioether (sulfide) groups is 1. The number of carbonyl (C=O) groups excluding carboxylic acids is 1. The summed E-state index contributed by atoms with van der Waals surface area (Å²) in [6.07, 6.45) is 0. The van der Waals surface area contributed by atoms with Crippen molar-refractivity contribution >= 4 is 34.7 Å². The van der Waals surface area contributed by atoms with E-state index in [4.69, 9.17) is 0 Å². The molecule has 0 unspecified atom stereocenters. The van der Waals surface area contributed by atoms with Gasteiger partial charge < -0.3 is 5.32 Å². The van der Waals surface area contributed by atoms with Gasteiger partial charge in [0.05, 0.1) is 11.4 Å². The lowest BCUT2D eigenvalue weighted by Crippen LogP contribution is -2.14. The van der Waals surface area contributed by atoms with Crippen LogP contribution in [0.25, 0.3) is 11.3 Å². The number of para-hydroxylation sites is 1. The number of aromatic nitrogens is 1. The van der Waals surface area contributed by atoms with Crippen molar-refractivity contribution in [2.45, 2.75) is 18.2 Å². The number of thiazole rings is 1. The Hall–Kier alpha value is -2.11. The quantitative estimate of drug-likeness (QED) is 0.644. The van der Waals surface area contributed by atoms with E-state index in [9.17, 15) is 4.79 Å². The second kappa shape index (κ2) is 7.64. The van der Waals surface area contributed by atoms with E-state index in [0.29, 0.717) is 5.75 Å². The molecule has 0 aliphatic rings. The van der Waals surface area contributed by atoms with Crippen molar-refractivity contribution in [2.24, 2.45) is 0 Å². The zero-order valence-electron chi connectivity index (χ0n) is 13.6. The summed E-state index contributed by atoms with van der Waals surface area (Å²) in [5.41, 5.74) is 5.22. The van der Waals surface area contributed by atoms with Gasteiger partial charge in [0.1, 0.15) is 0 Å². The SMILES string of the molecule is Cc1ccc(-c2csc(SCC(=O)Nc3ccccc3C)n2)cc1. The Labute approximate surface area is 150 Å². The van der Waals surface area contributed by atoms with E-state index < -0.39 is 0 Å². The van der Waals surface area contributed by atoms with Gasteiger partial charge in [-0.1, -0.05) is 59.8 Å². The monoisotopic (exact) mass is 354 g/mol. The molecule has 0 bridgehead atoms. The Morgan fingerprint density at radius 3 is 2.62 bits per heavy atom. The van der Waals surface area contributed by atoms with Crippen molar-refractivity contribution in [3.05, 3.63) is 65.0 Å². The van der Waals surface area contributed by atoms with Crippen LogP contribution >= 0.6 is 23.1 Å². The van der Waals surface area contributed by atoms with Gasteiger partial charge in [0.15, 0.2) is 4.34 Å². The Kier molecular flexibility index (Phi) is 5.33. The zero-order chi connectivity index (χ0) is 16.9. The Morgan fingerprint density at radius 1 is 1.12 bits per heavy atom. The summed E-state index contributed by atoms with van der Waals surface area (Å²) in [6.45, 7) is 4.05. The van der Waals surface area contributed by atoms with Crippen LogP contribution in [0.4, 0.5) is 5.69 Å². The predicted molar refractivity (Wildman–Crippen MR) is 103 cm³/mol. The van der Waals surface area contributed by atoms with Gasteiger partial charge in [-0.15, -0.1) is 11.3 Å². The number of hydrogen-bond acceptors (Lipinski definition) is 4. The van der Waals surface area contributed by atoms with Gasteiger partial charge in [-0.3, -0.25) is 4.79 Å². The van der Waals surface area contributed by atoms with Crippen LogP contribution in [0.1, 0.15) is 11.1 Å². The van der Waals surface area contributed by atoms with Gasteiger partial charge in [-0.2, -0.15) is 0 Å². The third kappa shape index (κ3) is 4.24. The first-order valence-corrected chi connectivity index (χ1v) is 9.49. The number of anilines is 1. The summed E-state index contributed by atoms with van der Waals surface area (Å²) in [4.78, 5) is 16.7. The van der Waals surface area contributed by atoms with E-state index in [2.05, 4.69) is 41.5 Å². The highest BCUT2D eigenvalue weighted by Crippen LogP contribution is 2.28. The predicted octanol–water partition coefficient (Wildman–Crippen LogP) is 5.16. The molecule has 122 valence electrons. The minimum atomic E-state index is -0.0126. The average Bonchev–Trinajstić information content (AvgIpc) is 3.05. The molecule has 0 radical (unpaired) electrons. The van der Waals surface area contributed by atoms with Crippen LogP contribution in [0.15, 0.2) is 58.3 Å². The lowest BCUT2D eigenvalue weighted by Gasteiger charge is -2.06. The van der Waals surface area contributed by atoms with Crippen molar-refractivity contribution < 1.29 is 4.79 Å². The maximum atomic E-state index is 12.1. The summed E-state index contributed by atoms with van der Waals surface area (Å²) in [5.74, 6) is 0.344. The molecule has 3 aromatic rings. The fraction of sp³-hybridized carbons (Fsp3) is 0.158. The molecule has 0 fully saturated rings. The Balaban J connectivity index is 1.58. The van der Waals surface area contributed by atoms with Crippen molar-refractivity contribution in [2.75, 3.05) is 11.1 Å². The Bertz CT molecular complexity index is 841. The molecule has 0 saturated heterocycles. The summed E-state index contributed by atoms with van der Waals surface area (Å²) < 4.78 is 0.908. The number of aryl methyl sites for hydroxylation is 2. The lowest BCUT2D eigenvalue weighted by atomic mass is 10.1. The minimum absolute atomic E-state index is 0.0126. The van der Waals surface area contributed by atoms with Gasteiger partial charge in [0, 0.05) is 16.6 Å². The molecular weight excluding hydrogens is 336 g/mol. The normalized spacial score (nSPS) is 10.6. The number of nitrogens with zero attached hydrogens (tertiary/aromatic N) is 1. The lowest BCUT2D eigenvalue weighted by molar-refractivity contribution is -0.113. The third-order valence-electron chi connectivity index (χ3n) is 3.58. The van der Waals surface area contributed by atoms with E-state index >= 15 is 0 Å². The van der Waals surface area contributed by atoms with Crippen molar-refractivity contribution in [1.29, 1.82) is 0 Å². The maximum Gasteiger partial charge on any atom is 0.234 e. The fourth-order valence-corrected chi connectivity index (χ4v) is 3.84. The summed E-state index contributed by atoms with van der Waals surface area (Å²) in [5, 5.41) is 4.98. The van der Waals surface area contributed by atoms with Gasteiger partial charge in [0.25, 0.3) is 0 Å².